The summed E-state index contributed by atoms with van der Waals surface area (Å²) in [6.45, 7) is 5.61. The summed E-state index contributed by atoms with van der Waals surface area (Å²) in [5.74, 6) is 0.908. The summed E-state index contributed by atoms with van der Waals surface area (Å²) in [6.07, 6.45) is 1.70. The van der Waals surface area contributed by atoms with Gasteiger partial charge in [0.15, 0.2) is 5.75 Å². The fourth-order valence-corrected chi connectivity index (χ4v) is 1.89. The molecular weight excluding hydrogens is 240 g/mol. The molecule has 3 N–H and O–H groups in total. The van der Waals surface area contributed by atoms with Crippen molar-refractivity contribution >= 4 is 5.84 Å². The molecular formula is C14H16N4O. The van der Waals surface area contributed by atoms with E-state index in [2.05, 4.69) is 9.97 Å². The van der Waals surface area contributed by atoms with E-state index in [-0.39, 0.29) is 5.84 Å². The molecule has 0 aromatic carbocycles. The van der Waals surface area contributed by atoms with Crippen LogP contribution in [0.4, 0.5) is 0 Å². The lowest BCUT2D eigenvalue weighted by Gasteiger charge is -2.13. The average molecular weight is 256 g/mol. The molecule has 0 aliphatic carbocycles. The van der Waals surface area contributed by atoms with Crippen LogP contribution in [0, 0.1) is 26.2 Å². The van der Waals surface area contributed by atoms with Crippen molar-refractivity contribution in [3.8, 4) is 11.6 Å². The molecule has 0 bridgehead atoms. The van der Waals surface area contributed by atoms with Crippen molar-refractivity contribution in [2.24, 2.45) is 5.73 Å². The number of nitrogens with zero attached hydrogens (tertiary/aromatic N) is 2. The van der Waals surface area contributed by atoms with Crippen LogP contribution >= 0.6 is 0 Å². The Morgan fingerprint density at radius 1 is 1.32 bits per heavy atom. The van der Waals surface area contributed by atoms with Gasteiger partial charge in [-0.3, -0.25) is 10.4 Å². The zero-order valence-corrected chi connectivity index (χ0v) is 11.2. The van der Waals surface area contributed by atoms with Crippen LogP contribution in [-0.4, -0.2) is 15.8 Å². The molecule has 5 heteroatoms. The Kier molecular flexibility index (Phi) is 3.46. The average Bonchev–Trinajstić information content (AvgIpc) is 2.30. The number of aromatic nitrogens is 2. The van der Waals surface area contributed by atoms with Gasteiger partial charge in [-0.15, -0.1) is 0 Å². The molecule has 2 rings (SSSR count). The van der Waals surface area contributed by atoms with Crippen LogP contribution in [0.5, 0.6) is 11.6 Å². The van der Waals surface area contributed by atoms with Crippen LogP contribution in [0.15, 0.2) is 24.4 Å². The number of nitrogens with two attached hydrogens (primary N) is 1. The van der Waals surface area contributed by atoms with E-state index in [1.54, 1.807) is 12.3 Å². The summed E-state index contributed by atoms with van der Waals surface area (Å²) < 4.78 is 5.77. The largest absolute Gasteiger partial charge is 0.436 e. The predicted octanol–water partition coefficient (Wildman–Crippen LogP) is 2.48. The topological polar surface area (TPSA) is 84.9 Å². The zero-order chi connectivity index (χ0) is 14.0. The highest BCUT2D eigenvalue weighted by atomic mass is 16.5. The Balaban J connectivity index is 2.51. The normalized spacial score (nSPS) is 10.3. The third-order valence-electron chi connectivity index (χ3n) is 2.75. The number of aryl methyl sites for hydroxylation is 3. The number of nitrogen functional groups attached to an aromatic ring is 1. The fraction of sp³-hybridized carbons (Fsp3) is 0.214. The molecule has 0 aliphatic heterocycles. The minimum Gasteiger partial charge on any atom is -0.436 e. The van der Waals surface area contributed by atoms with Gasteiger partial charge in [0.2, 0.25) is 5.88 Å². The lowest BCUT2D eigenvalue weighted by atomic mass is 10.1. The second-order valence-electron chi connectivity index (χ2n) is 4.36. The first-order chi connectivity index (χ1) is 8.99. The standard InChI is InChI=1S/C14H16N4O/c1-8-7-9(2)18-14(12(8)13(15)16)19-11-5-4-6-17-10(11)3/h4-7H,1-3H3,(H3,15,16). The third kappa shape index (κ3) is 2.70. The van der Waals surface area contributed by atoms with Gasteiger partial charge in [-0.05, 0) is 44.5 Å². The maximum Gasteiger partial charge on any atom is 0.230 e. The molecule has 0 aliphatic rings. The molecule has 98 valence electrons. The first-order valence-electron chi connectivity index (χ1n) is 5.91. The van der Waals surface area contributed by atoms with Gasteiger partial charge in [-0.25, -0.2) is 4.98 Å². The van der Waals surface area contributed by atoms with Crippen LogP contribution in [0.2, 0.25) is 0 Å². The number of nitrogens with one attached hydrogen (secondary N) is 1. The first kappa shape index (κ1) is 13.0. The van der Waals surface area contributed by atoms with E-state index in [1.807, 2.05) is 32.9 Å². The van der Waals surface area contributed by atoms with Crippen molar-refractivity contribution in [3.63, 3.8) is 0 Å². The fourth-order valence-electron chi connectivity index (χ4n) is 1.89. The van der Waals surface area contributed by atoms with E-state index in [0.717, 1.165) is 17.0 Å². The second kappa shape index (κ2) is 5.06. The minimum absolute atomic E-state index is 0.0541. The molecule has 0 saturated heterocycles. The van der Waals surface area contributed by atoms with E-state index in [9.17, 15) is 0 Å². The number of hydrogen-bond donors (Lipinski definition) is 2. The molecule has 2 heterocycles. The van der Waals surface area contributed by atoms with Crippen molar-refractivity contribution in [1.82, 2.24) is 9.97 Å². The van der Waals surface area contributed by atoms with Crippen molar-refractivity contribution in [1.29, 1.82) is 5.41 Å². The van der Waals surface area contributed by atoms with Crippen LogP contribution in [0.25, 0.3) is 0 Å². The quantitative estimate of drug-likeness (QED) is 0.652. The van der Waals surface area contributed by atoms with Crippen molar-refractivity contribution < 1.29 is 4.74 Å². The van der Waals surface area contributed by atoms with Crippen molar-refractivity contribution in [2.75, 3.05) is 0 Å². The number of rotatable bonds is 3. The Bertz CT molecular complexity index is 637. The molecule has 0 unspecified atom stereocenters. The Labute approximate surface area is 112 Å². The van der Waals surface area contributed by atoms with E-state index < -0.39 is 0 Å². The smallest absolute Gasteiger partial charge is 0.230 e. The van der Waals surface area contributed by atoms with E-state index in [4.69, 9.17) is 15.9 Å². The summed E-state index contributed by atoms with van der Waals surface area (Å²) in [6, 6.07) is 5.48. The molecule has 2 aromatic heterocycles. The number of ether oxygens (including phenoxy) is 1. The first-order valence-corrected chi connectivity index (χ1v) is 5.91. The maximum atomic E-state index is 7.65. The van der Waals surface area contributed by atoms with Gasteiger partial charge in [0.25, 0.3) is 0 Å². The van der Waals surface area contributed by atoms with Gasteiger partial charge in [-0.2, -0.15) is 0 Å². The van der Waals surface area contributed by atoms with Crippen LogP contribution in [-0.2, 0) is 0 Å². The third-order valence-corrected chi connectivity index (χ3v) is 2.75. The summed E-state index contributed by atoms with van der Waals surface area (Å²) in [5, 5.41) is 7.65. The molecule has 2 aromatic rings. The molecule has 0 radical (unpaired) electrons. The monoisotopic (exact) mass is 256 g/mol. The number of pyridine rings is 2. The Morgan fingerprint density at radius 2 is 2.05 bits per heavy atom. The second-order valence-corrected chi connectivity index (χ2v) is 4.36. The summed E-state index contributed by atoms with van der Waals surface area (Å²) in [4.78, 5) is 8.48. The summed E-state index contributed by atoms with van der Waals surface area (Å²) in [5.41, 5.74) is 8.58. The predicted molar refractivity (Wildman–Crippen MR) is 73.8 cm³/mol. The number of amidine groups is 1. The summed E-state index contributed by atoms with van der Waals surface area (Å²) >= 11 is 0. The maximum absolute atomic E-state index is 7.65. The van der Waals surface area contributed by atoms with E-state index >= 15 is 0 Å². The van der Waals surface area contributed by atoms with Gasteiger partial charge in [0, 0.05) is 11.9 Å². The highest BCUT2D eigenvalue weighted by molar-refractivity contribution is 5.98. The van der Waals surface area contributed by atoms with Gasteiger partial charge >= 0.3 is 0 Å². The van der Waals surface area contributed by atoms with Gasteiger partial charge < -0.3 is 10.5 Å². The van der Waals surface area contributed by atoms with Crippen molar-refractivity contribution in [2.45, 2.75) is 20.8 Å². The SMILES string of the molecule is Cc1cc(C)c(C(=N)N)c(Oc2cccnc2C)n1. The van der Waals surface area contributed by atoms with E-state index in [0.29, 0.717) is 17.2 Å². The Hall–Kier alpha value is -2.43. The molecule has 0 atom stereocenters. The molecule has 0 fully saturated rings. The summed E-state index contributed by atoms with van der Waals surface area (Å²) in [7, 11) is 0. The zero-order valence-electron chi connectivity index (χ0n) is 11.2. The van der Waals surface area contributed by atoms with E-state index in [1.165, 1.54) is 0 Å². The molecule has 0 spiro atoms. The molecule has 19 heavy (non-hydrogen) atoms. The van der Waals surface area contributed by atoms with Crippen LogP contribution < -0.4 is 10.5 Å². The molecule has 5 nitrogen and oxygen atoms in total. The minimum atomic E-state index is -0.0541. The van der Waals surface area contributed by atoms with Crippen LogP contribution in [0.1, 0.15) is 22.5 Å². The van der Waals surface area contributed by atoms with Gasteiger partial charge in [-0.1, -0.05) is 0 Å². The van der Waals surface area contributed by atoms with Crippen molar-refractivity contribution in [3.05, 3.63) is 46.9 Å². The highest BCUT2D eigenvalue weighted by Crippen LogP contribution is 2.27. The number of hydrogen-bond acceptors (Lipinski definition) is 4. The molecule has 0 saturated carbocycles. The molecule has 0 amide bonds. The van der Waals surface area contributed by atoms with Gasteiger partial charge in [0.05, 0.1) is 11.3 Å². The van der Waals surface area contributed by atoms with Gasteiger partial charge in [0.1, 0.15) is 5.84 Å². The lowest BCUT2D eigenvalue weighted by Crippen LogP contribution is -2.15. The lowest BCUT2D eigenvalue weighted by molar-refractivity contribution is 0.453. The van der Waals surface area contributed by atoms with Crippen LogP contribution in [0.3, 0.4) is 0 Å². The Morgan fingerprint density at radius 3 is 2.68 bits per heavy atom. The highest BCUT2D eigenvalue weighted by Gasteiger charge is 2.14.